The number of phosphoric ester groups is 1. The van der Waals surface area contributed by atoms with Crippen LogP contribution in [0.25, 0.3) is 0 Å². The molecular weight excluding hydrogens is 428 g/mol. The predicted octanol–water partition coefficient (Wildman–Crippen LogP) is -3.40. The van der Waals surface area contributed by atoms with E-state index in [9.17, 15) is 24.2 Å². The molecule has 0 amide bonds. The van der Waals surface area contributed by atoms with Gasteiger partial charge >= 0.3 is 15.6 Å². The summed E-state index contributed by atoms with van der Waals surface area (Å²) in [5.41, 5.74) is 4.84. The van der Waals surface area contributed by atoms with E-state index >= 15 is 0 Å². The Morgan fingerprint density at radius 3 is 2.71 bits per heavy atom. The number of aliphatic hydroxyl groups excluding tert-OH is 2. The summed E-state index contributed by atoms with van der Waals surface area (Å²) >= 11 is 0. The molecule has 3 saturated heterocycles. The molecule has 0 aliphatic carbocycles. The van der Waals surface area contributed by atoms with Gasteiger partial charge in [-0.05, 0) is 0 Å². The molecule has 4 heterocycles. The number of aliphatic hydroxyl groups is 2. The van der Waals surface area contributed by atoms with E-state index in [0.717, 1.165) is 0 Å². The van der Waals surface area contributed by atoms with E-state index in [0.29, 0.717) is 5.84 Å². The van der Waals surface area contributed by atoms with E-state index in [1.807, 2.05) is 0 Å². The van der Waals surface area contributed by atoms with Crippen LogP contribution in [0.3, 0.4) is 0 Å². The van der Waals surface area contributed by atoms with Crippen molar-refractivity contribution in [3.05, 3.63) is 0 Å². The van der Waals surface area contributed by atoms with Crippen molar-refractivity contribution in [3.8, 4) is 0 Å². The zero-order valence-corrected chi connectivity index (χ0v) is 15.6. The van der Waals surface area contributed by atoms with Crippen molar-refractivity contribution in [1.29, 1.82) is 0 Å². The molecule has 0 aromatic rings. The minimum Gasteiger partial charge on any atom is -0.387 e. The van der Waals surface area contributed by atoms with Crippen LogP contribution in [0.5, 0.6) is 0 Å². The molecule has 1 spiro atoms. The van der Waals surface area contributed by atoms with Gasteiger partial charge < -0.3 is 40.3 Å². The summed E-state index contributed by atoms with van der Waals surface area (Å²) < 4.78 is 35.8. The lowest BCUT2D eigenvalue weighted by molar-refractivity contribution is -0.0835. The highest BCUT2D eigenvalue weighted by Crippen LogP contribution is 2.57. The molecule has 4 aliphatic rings. The Bertz CT molecular complexity index is 820. The van der Waals surface area contributed by atoms with Crippen LogP contribution in [-0.2, 0) is 27.5 Å². The summed E-state index contributed by atoms with van der Waals surface area (Å²) in [6.45, 7) is -0.702. The largest absolute Gasteiger partial charge is 0.481 e. The minimum absolute atomic E-state index is 0.0950. The van der Waals surface area contributed by atoms with Gasteiger partial charge in [-0.15, -0.1) is 5.06 Å². The molecule has 158 valence electrons. The number of aliphatic imine (C=N–C) groups is 2. The topological polar surface area (TPSA) is 232 Å². The molecule has 0 saturated carbocycles. The molecule has 0 aromatic carbocycles. The second-order valence-corrected chi connectivity index (χ2v) is 9.15. The van der Waals surface area contributed by atoms with Gasteiger partial charge in [0.2, 0.25) is 0 Å². The Morgan fingerprint density at radius 1 is 1.32 bits per heavy atom. The zero-order chi connectivity index (χ0) is 20.5. The number of nitrogens with zero attached hydrogens (tertiary/aromatic N) is 4. The van der Waals surface area contributed by atoms with E-state index in [2.05, 4.69) is 18.8 Å². The molecule has 3 fully saturated rings. The number of amidine groups is 1. The third-order valence-corrected chi connectivity index (χ3v) is 6.68. The van der Waals surface area contributed by atoms with Crippen molar-refractivity contribution < 1.29 is 52.4 Å². The maximum Gasteiger partial charge on any atom is 0.481 e. The van der Waals surface area contributed by atoms with Crippen molar-refractivity contribution in [3.63, 3.8) is 0 Å². The number of rotatable bonds is 6. The Kier molecular flexibility index (Phi) is 4.80. The van der Waals surface area contributed by atoms with Gasteiger partial charge in [0, 0.05) is 0 Å². The first kappa shape index (κ1) is 20.4. The highest BCUT2D eigenvalue weighted by atomic mass is 31.3. The molecule has 16 nitrogen and oxygen atoms in total. The fourth-order valence-electron chi connectivity index (χ4n) is 3.26. The monoisotopic (exact) mass is 445 g/mol. The smallest absolute Gasteiger partial charge is 0.387 e. The van der Waals surface area contributed by atoms with Gasteiger partial charge in [-0.25, -0.2) is 19.1 Å². The average Bonchev–Trinajstić information content (AvgIpc) is 3.08. The molecule has 4 aliphatic heterocycles. The van der Waals surface area contributed by atoms with Crippen LogP contribution < -0.4 is 5.73 Å². The maximum absolute atomic E-state index is 11.5. The first-order chi connectivity index (χ1) is 12.9. The van der Waals surface area contributed by atoms with Gasteiger partial charge in [-0.1, -0.05) is 0 Å². The number of hydroxylamine groups is 2. The Hall–Kier alpha value is -0.840. The SMILES string of the molecule is NC1N=CN=C2N([C@@H]3O[C@H](COP(=O)(O)OP(=O)(O)O)[C@@H](O)[C@H]3O)CN3O[C@@]213. The summed E-state index contributed by atoms with van der Waals surface area (Å²) in [6, 6.07) is 0. The van der Waals surface area contributed by atoms with Gasteiger partial charge in [0.1, 0.15) is 31.3 Å². The molecule has 18 heteroatoms. The molecule has 0 aromatic heterocycles. The van der Waals surface area contributed by atoms with Gasteiger partial charge in [-0.2, -0.15) is 4.31 Å². The lowest BCUT2D eigenvalue weighted by atomic mass is 10.1. The predicted molar refractivity (Wildman–Crippen MR) is 85.8 cm³/mol. The Labute approximate surface area is 156 Å². The van der Waals surface area contributed by atoms with E-state index in [4.69, 9.17) is 25.1 Å². The van der Waals surface area contributed by atoms with E-state index < -0.39 is 58.7 Å². The van der Waals surface area contributed by atoms with E-state index in [-0.39, 0.29) is 6.67 Å². The normalized spacial score (nSPS) is 44.1. The van der Waals surface area contributed by atoms with Crippen LogP contribution in [0.2, 0.25) is 0 Å². The second-order valence-electron chi connectivity index (χ2n) is 6.32. The molecule has 3 unspecified atom stereocenters. The number of hydrogen-bond donors (Lipinski definition) is 6. The first-order valence-corrected chi connectivity index (χ1v) is 10.8. The quantitative estimate of drug-likeness (QED) is 0.173. The lowest BCUT2D eigenvalue weighted by Crippen LogP contribution is -2.53. The van der Waals surface area contributed by atoms with Crippen LogP contribution in [0.4, 0.5) is 0 Å². The van der Waals surface area contributed by atoms with Crippen molar-refractivity contribution in [1.82, 2.24) is 9.96 Å². The van der Waals surface area contributed by atoms with Crippen LogP contribution in [0.15, 0.2) is 9.98 Å². The van der Waals surface area contributed by atoms with Crippen molar-refractivity contribution >= 4 is 27.8 Å². The number of nitrogens with two attached hydrogens (primary N) is 1. The van der Waals surface area contributed by atoms with Crippen LogP contribution in [0.1, 0.15) is 0 Å². The zero-order valence-electron chi connectivity index (χ0n) is 13.8. The highest BCUT2D eigenvalue weighted by Gasteiger charge is 2.73. The molecule has 4 rings (SSSR count). The lowest BCUT2D eigenvalue weighted by Gasteiger charge is -2.31. The molecule has 0 bridgehead atoms. The van der Waals surface area contributed by atoms with Crippen molar-refractivity contribution in [2.24, 2.45) is 15.7 Å². The molecular formula is C10H17N5O11P2. The second kappa shape index (κ2) is 6.58. The molecule has 28 heavy (non-hydrogen) atoms. The fraction of sp³-hybridized carbons (Fsp3) is 0.800. The summed E-state index contributed by atoms with van der Waals surface area (Å²) in [6.07, 6.45) is -4.98. The highest BCUT2D eigenvalue weighted by molar-refractivity contribution is 7.60. The third-order valence-electron chi connectivity index (χ3n) is 4.52. The molecule has 8 atom stereocenters. The molecule has 7 N–H and O–H groups in total. The van der Waals surface area contributed by atoms with E-state index in [1.165, 1.54) is 16.3 Å². The first-order valence-electron chi connectivity index (χ1n) is 7.79. The number of ether oxygens (including phenoxy) is 1. The van der Waals surface area contributed by atoms with Gasteiger partial charge in [0.05, 0.1) is 6.61 Å². The number of phosphoric acid groups is 2. The Balaban J connectivity index is 1.43. The summed E-state index contributed by atoms with van der Waals surface area (Å²) in [7, 11) is -10.4. The standard InChI is InChI=1S/C10H17N5O11P2/c11-8-10-9(13-2-12-8)14(3-15(10)25-10)7-6(17)5(16)4(24-7)1-23-28(21,22)26-27(18,19)20/h2,4-8,16-17H,1,3,11H2,(H,21,22)(H2,18,19,20)/t4-,5-,6-,7-,8?,10-,15?/m1/s1. The van der Waals surface area contributed by atoms with Gasteiger partial charge in [0.15, 0.2) is 18.2 Å². The van der Waals surface area contributed by atoms with Gasteiger partial charge in [-0.3, -0.25) is 9.36 Å². The summed E-state index contributed by atoms with van der Waals surface area (Å²) in [5.74, 6) is 0.311. The van der Waals surface area contributed by atoms with Crippen molar-refractivity contribution in [2.75, 3.05) is 13.3 Å². The van der Waals surface area contributed by atoms with Crippen molar-refractivity contribution in [2.45, 2.75) is 36.4 Å². The molecule has 0 radical (unpaired) electrons. The summed E-state index contributed by atoms with van der Waals surface area (Å²) in [4.78, 5) is 41.4. The van der Waals surface area contributed by atoms with Crippen LogP contribution in [0, 0.1) is 0 Å². The van der Waals surface area contributed by atoms with E-state index in [1.54, 1.807) is 0 Å². The third kappa shape index (κ3) is 3.36. The number of hydrogen-bond acceptors (Lipinski definition) is 13. The van der Waals surface area contributed by atoms with Gasteiger partial charge in [0.25, 0.3) is 5.72 Å². The summed E-state index contributed by atoms with van der Waals surface area (Å²) in [5, 5.41) is 21.9. The average molecular weight is 445 g/mol. The van der Waals surface area contributed by atoms with Crippen LogP contribution in [-0.4, -0.2) is 96.7 Å². The maximum atomic E-state index is 11.5. The van der Waals surface area contributed by atoms with Crippen LogP contribution >= 0.6 is 15.6 Å². The minimum atomic E-state index is -5.29. The fourth-order valence-corrected chi connectivity index (χ4v) is 4.86. The Morgan fingerprint density at radius 2 is 2.04 bits per heavy atom.